The molecule has 0 N–H and O–H groups in total. The van der Waals surface area contributed by atoms with Gasteiger partial charge in [0.2, 0.25) is 0 Å². The van der Waals surface area contributed by atoms with Crippen LogP contribution in [0.5, 0.6) is 0 Å². The van der Waals surface area contributed by atoms with Gasteiger partial charge in [0.25, 0.3) is 0 Å². The zero-order chi connectivity index (χ0) is 10.4. The van der Waals surface area contributed by atoms with Crippen LogP contribution < -0.4 is 0 Å². The Kier molecular flexibility index (Phi) is 3.98. The third-order valence-electron chi connectivity index (χ3n) is 2.04. The highest BCUT2D eigenvalue weighted by Crippen LogP contribution is 2.13. The molecule has 0 saturated carbocycles. The SMILES string of the molecule is CC(=O)CCCc1ccc(N=O)cc1. The fourth-order valence-electron chi connectivity index (χ4n) is 1.26. The zero-order valence-corrected chi connectivity index (χ0v) is 8.19. The number of nitrogens with zero attached hydrogens (tertiary/aromatic N) is 1. The first kappa shape index (κ1) is 10.6. The van der Waals surface area contributed by atoms with Gasteiger partial charge in [0.05, 0.1) is 0 Å². The highest BCUT2D eigenvalue weighted by Gasteiger charge is 1.96. The van der Waals surface area contributed by atoms with Gasteiger partial charge in [-0.2, -0.15) is 0 Å². The second kappa shape index (κ2) is 5.27. The standard InChI is InChI=1S/C11H13NO2/c1-9(13)3-2-4-10-5-7-11(12-14)8-6-10/h5-8H,2-4H2,1H3. The van der Waals surface area contributed by atoms with Crippen LogP contribution in [0.2, 0.25) is 0 Å². The molecule has 0 bridgehead atoms. The van der Waals surface area contributed by atoms with Gasteiger partial charge in [-0.05, 0) is 42.6 Å². The summed E-state index contributed by atoms with van der Waals surface area (Å²) in [5, 5.41) is 2.82. The molecule has 0 aliphatic rings. The molecular weight excluding hydrogens is 178 g/mol. The lowest BCUT2D eigenvalue weighted by Gasteiger charge is -1.99. The lowest BCUT2D eigenvalue weighted by molar-refractivity contribution is -0.117. The first-order valence-electron chi connectivity index (χ1n) is 4.64. The molecule has 0 atom stereocenters. The topological polar surface area (TPSA) is 46.5 Å². The van der Waals surface area contributed by atoms with Crippen molar-refractivity contribution in [2.75, 3.05) is 0 Å². The third kappa shape index (κ3) is 3.47. The molecule has 0 fully saturated rings. The fraction of sp³-hybridized carbons (Fsp3) is 0.364. The van der Waals surface area contributed by atoms with Crippen LogP contribution in [0.1, 0.15) is 25.3 Å². The Morgan fingerprint density at radius 3 is 2.43 bits per heavy atom. The van der Waals surface area contributed by atoms with Crippen LogP contribution in [0.15, 0.2) is 29.4 Å². The summed E-state index contributed by atoms with van der Waals surface area (Å²) in [7, 11) is 0. The lowest BCUT2D eigenvalue weighted by Crippen LogP contribution is -1.92. The van der Waals surface area contributed by atoms with E-state index < -0.39 is 0 Å². The van der Waals surface area contributed by atoms with Crippen LogP contribution in [0.25, 0.3) is 0 Å². The summed E-state index contributed by atoms with van der Waals surface area (Å²) in [5.41, 5.74) is 1.58. The van der Waals surface area contributed by atoms with E-state index in [9.17, 15) is 9.70 Å². The molecule has 14 heavy (non-hydrogen) atoms. The minimum atomic E-state index is 0.219. The molecule has 0 heterocycles. The highest BCUT2D eigenvalue weighted by atomic mass is 16.3. The van der Waals surface area contributed by atoms with Gasteiger partial charge < -0.3 is 4.79 Å². The van der Waals surface area contributed by atoms with Crippen LogP contribution in [-0.4, -0.2) is 5.78 Å². The van der Waals surface area contributed by atoms with Crippen LogP contribution in [0.4, 0.5) is 5.69 Å². The molecule has 74 valence electrons. The van der Waals surface area contributed by atoms with Gasteiger partial charge in [-0.3, -0.25) is 0 Å². The highest BCUT2D eigenvalue weighted by molar-refractivity contribution is 5.75. The van der Waals surface area contributed by atoms with E-state index in [4.69, 9.17) is 0 Å². The summed E-state index contributed by atoms with van der Waals surface area (Å²) in [5.74, 6) is 0.219. The molecule has 0 aliphatic heterocycles. The van der Waals surface area contributed by atoms with Crippen molar-refractivity contribution in [1.82, 2.24) is 0 Å². The first-order chi connectivity index (χ1) is 6.72. The molecule has 0 unspecified atom stereocenters. The van der Waals surface area contributed by atoms with Crippen LogP contribution in [0, 0.1) is 4.91 Å². The van der Waals surface area contributed by atoms with Crippen molar-refractivity contribution in [2.45, 2.75) is 26.2 Å². The van der Waals surface area contributed by atoms with Crippen LogP contribution in [-0.2, 0) is 11.2 Å². The normalized spacial score (nSPS) is 9.79. The Hall–Kier alpha value is -1.51. The summed E-state index contributed by atoms with van der Waals surface area (Å²) in [6.07, 6.45) is 2.36. The number of nitroso groups, excluding NO2 is 1. The number of hydrogen-bond donors (Lipinski definition) is 0. The number of ketones is 1. The molecule has 3 nitrogen and oxygen atoms in total. The minimum Gasteiger partial charge on any atom is -0.300 e. The Bertz CT molecular complexity index is 317. The molecule has 3 heteroatoms. The smallest absolute Gasteiger partial charge is 0.129 e. The van der Waals surface area contributed by atoms with Crippen molar-refractivity contribution in [3.63, 3.8) is 0 Å². The van der Waals surface area contributed by atoms with E-state index in [1.165, 1.54) is 0 Å². The number of hydrogen-bond acceptors (Lipinski definition) is 3. The average Bonchev–Trinajstić information content (AvgIpc) is 2.18. The minimum absolute atomic E-state index is 0.219. The summed E-state index contributed by atoms with van der Waals surface area (Å²) in [4.78, 5) is 20.8. The maximum absolute atomic E-state index is 10.7. The lowest BCUT2D eigenvalue weighted by atomic mass is 10.1. The molecule has 1 rings (SSSR count). The summed E-state index contributed by atoms with van der Waals surface area (Å²) >= 11 is 0. The molecule has 0 spiro atoms. The molecule has 0 saturated heterocycles. The third-order valence-corrected chi connectivity index (χ3v) is 2.04. The van der Waals surface area contributed by atoms with Gasteiger partial charge in [0.15, 0.2) is 0 Å². The van der Waals surface area contributed by atoms with Gasteiger partial charge in [0, 0.05) is 6.42 Å². The van der Waals surface area contributed by atoms with Crippen molar-refractivity contribution in [3.8, 4) is 0 Å². The van der Waals surface area contributed by atoms with Crippen molar-refractivity contribution in [3.05, 3.63) is 34.7 Å². The van der Waals surface area contributed by atoms with E-state index in [1.807, 2.05) is 12.1 Å². The number of benzene rings is 1. The van der Waals surface area contributed by atoms with Crippen molar-refractivity contribution in [1.29, 1.82) is 0 Å². The fourth-order valence-corrected chi connectivity index (χ4v) is 1.26. The molecule has 0 aromatic heterocycles. The van der Waals surface area contributed by atoms with Crippen LogP contribution >= 0.6 is 0 Å². The first-order valence-corrected chi connectivity index (χ1v) is 4.64. The van der Waals surface area contributed by atoms with Crippen molar-refractivity contribution < 1.29 is 4.79 Å². The molecule has 1 aromatic carbocycles. The van der Waals surface area contributed by atoms with E-state index in [0.717, 1.165) is 18.4 Å². The van der Waals surface area contributed by atoms with Crippen molar-refractivity contribution in [2.24, 2.45) is 5.18 Å². The Morgan fingerprint density at radius 2 is 1.93 bits per heavy atom. The Morgan fingerprint density at radius 1 is 1.29 bits per heavy atom. The monoisotopic (exact) mass is 191 g/mol. The zero-order valence-electron chi connectivity index (χ0n) is 8.19. The predicted molar refractivity (Wildman–Crippen MR) is 55.5 cm³/mol. The number of Topliss-reactive ketones (excluding diaryl/α,β-unsaturated/α-hetero) is 1. The van der Waals surface area contributed by atoms with E-state index in [-0.39, 0.29) is 5.78 Å². The average molecular weight is 191 g/mol. The largest absolute Gasteiger partial charge is 0.300 e. The molecule has 0 aliphatic carbocycles. The van der Waals surface area contributed by atoms with E-state index >= 15 is 0 Å². The van der Waals surface area contributed by atoms with Gasteiger partial charge in [-0.25, -0.2) is 0 Å². The number of carbonyl (C=O) groups excluding carboxylic acids is 1. The van der Waals surface area contributed by atoms with E-state index in [0.29, 0.717) is 12.1 Å². The number of carbonyl (C=O) groups is 1. The van der Waals surface area contributed by atoms with E-state index in [2.05, 4.69) is 5.18 Å². The molecular formula is C11H13NO2. The number of aryl methyl sites for hydroxylation is 1. The molecule has 0 radical (unpaired) electrons. The van der Waals surface area contributed by atoms with Gasteiger partial charge in [-0.1, -0.05) is 12.1 Å². The summed E-state index contributed by atoms with van der Waals surface area (Å²) in [6, 6.07) is 7.12. The second-order valence-corrected chi connectivity index (χ2v) is 3.31. The summed E-state index contributed by atoms with van der Waals surface area (Å²) < 4.78 is 0. The van der Waals surface area contributed by atoms with Gasteiger partial charge in [-0.15, -0.1) is 4.91 Å². The quantitative estimate of drug-likeness (QED) is 0.671. The van der Waals surface area contributed by atoms with Gasteiger partial charge in [0.1, 0.15) is 11.5 Å². The van der Waals surface area contributed by atoms with Gasteiger partial charge >= 0.3 is 0 Å². The second-order valence-electron chi connectivity index (χ2n) is 3.31. The molecule has 0 amide bonds. The Labute approximate surface area is 83.1 Å². The maximum atomic E-state index is 10.7. The molecule has 1 aromatic rings. The Balaban J connectivity index is 2.43. The predicted octanol–water partition coefficient (Wildman–Crippen LogP) is 3.00. The maximum Gasteiger partial charge on any atom is 0.129 e. The summed E-state index contributed by atoms with van der Waals surface area (Å²) in [6.45, 7) is 1.60. The van der Waals surface area contributed by atoms with Crippen LogP contribution in [0.3, 0.4) is 0 Å². The van der Waals surface area contributed by atoms with Crippen molar-refractivity contribution >= 4 is 11.5 Å². The number of rotatable bonds is 5. The van der Waals surface area contributed by atoms with E-state index in [1.54, 1.807) is 19.1 Å².